The molecule has 2 aromatic rings. The fraction of sp³-hybridized carbons (Fsp3) is 0.286. The Balaban J connectivity index is 2.35. The zero-order valence-corrected chi connectivity index (χ0v) is 15.4. The molecular weight excluding hydrogens is 364 g/mol. The largest absolute Gasteiger partial charge is 0.506 e. The first-order valence-electron chi connectivity index (χ1n) is 7.19. The van der Waals surface area contributed by atoms with Crippen molar-refractivity contribution in [2.24, 2.45) is 10.2 Å². The number of benzene rings is 1. The second-order valence-corrected chi connectivity index (χ2v) is 7.20. The average molecular weight is 380 g/mol. The van der Waals surface area contributed by atoms with E-state index in [4.69, 9.17) is 0 Å². The first-order valence-corrected chi connectivity index (χ1v) is 8.99. The fourth-order valence-electron chi connectivity index (χ4n) is 1.76. The summed E-state index contributed by atoms with van der Waals surface area (Å²) in [7, 11) is 0. The molecule has 0 aliphatic rings. The predicted molar refractivity (Wildman–Crippen MR) is 97.2 cm³/mol. The van der Waals surface area contributed by atoms with Crippen LogP contribution in [0.15, 0.2) is 26.7 Å². The molecule has 0 aliphatic heterocycles. The van der Waals surface area contributed by atoms with Crippen LogP contribution in [-0.4, -0.2) is 32.9 Å². The number of phenolic OH excluding ortho intramolecular Hbond substituents is 1. The zero-order valence-electron chi connectivity index (χ0n) is 13.7. The van der Waals surface area contributed by atoms with Gasteiger partial charge in [-0.3, -0.25) is 9.59 Å². The molecule has 9 nitrogen and oxygen atoms in total. The Bertz CT molecular complexity index is 821. The number of carbonyl (C=O) groups is 2. The highest BCUT2D eigenvalue weighted by molar-refractivity contribution is 8.01. The number of anilines is 2. The van der Waals surface area contributed by atoms with Crippen LogP contribution in [-0.2, 0) is 9.59 Å². The van der Waals surface area contributed by atoms with Gasteiger partial charge in [0.05, 0.1) is 11.4 Å². The Morgan fingerprint density at radius 1 is 1.16 bits per heavy atom. The van der Waals surface area contributed by atoms with Crippen LogP contribution in [0.5, 0.6) is 5.75 Å². The number of nitrogens with zero attached hydrogens (tertiary/aromatic N) is 4. The molecule has 25 heavy (non-hydrogen) atoms. The standard InChI is InChI=1S/C14H16N6O3S2/c1-4-24-14-20-19-13(25-14)18-17-10-5-11(16-8(3)22)12(23)6-9(10)15-7(2)21/h5-6,23H,4H2,1-3H3,(H,15,21)(H,16,22)/b18-17+. The summed E-state index contributed by atoms with van der Waals surface area (Å²) in [4.78, 5) is 22.5. The van der Waals surface area contributed by atoms with Crippen LogP contribution in [0.3, 0.4) is 0 Å². The third kappa shape index (κ3) is 5.50. The second-order valence-electron chi connectivity index (χ2n) is 4.73. The highest BCUT2D eigenvalue weighted by atomic mass is 32.2. The van der Waals surface area contributed by atoms with Gasteiger partial charge in [-0.2, -0.15) is 0 Å². The molecule has 2 rings (SSSR count). The van der Waals surface area contributed by atoms with E-state index in [0.717, 1.165) is 10.1 Å². The molecule has 0 atom stereocenters. The van der Waals surface area contributed by atoms with Crippen molar-refractivity contribution in [2.45, 2.75) is 25.1 Å². The summed E-state index contributed by atoms with van der Waals surface area (Å²) in [6, 6.07) is 2.70. The van der Waals surface area contributed by atoms with Crippen LogP contribution in [0, 0.1) is 0 Å². The van der Waals surface area contributed by atoms with E-state index < -0.39 is 0 Å². The first kappa shape index (κ1) is 18.8. The van der Waals surface area contributed by atoms with Crippen molar-refractivity contribution < 1.29 is 14.7 Å². The number of rotatable bonds is 6. The number of thioether (sulfide) groups is 1. The SMILES string of the molecule is CCSc1nnc(/N=N/c2cc(NC(C)=O)c(O)cc2NC(C)=O)s1. The molecule has 0 fully saturated rings. The number of aromatic hydroxyl groups is 1. The number of nitrogens with one attached hydrogen (secondary N) is 2. The molecule has 0 aliphatic carbocycles. The van der Waals surface area contributed by atoms with Crippen LogP contribution in [0.25, 0.3) is 0 Å². The van der Waals surface area contributed by atoms with Gasteiger partial charge < -0.3 is 15.7 Å². The second kappa shape index (κ2) is 8.53. The Morgan fingerprint density at radius 2 is 1.84 bits per heavy atom. The number of amides is 2. The highest BCUT2D eigenvalue weighted by Crippen LogP contribution is 2.37. The molecule has 2 amide bonds. The first-order chi connectivity index (χ1) is 11.9. The number of carbonyl (C=O) groups excluding carboxylic acids is 2. The van der Waals surface area contributed by atoms with Crippen molar-refractivity contribution in [2.75, 3.05) is 16.4 Å². The summed E-state index contributed by atoms with van der Waals surface area (Å²) in [5.74, 6) is -0.0109. The van der Waals surface area contributed by atoms with Crippen LogP contribution in [0.4, 0.5) is 22.2 Å². The lowest BCUT2D eigenvalue weighted by Crippen LogP contribution is -2.08. The van der Waals surface area contributed by atoms with Gasteiger partial charge in [0.25, 0.3) is 5.13 Å². The maximum absolute atomic E-state index is 11.3. The van der Waals surface area contributed by atoms with E-state index in [9.17, 15) is 14.7 Å². The van der Waals surface area contributed by atoms with E-state index in [0.29, 0.717) is 5.13 Å². The number of phenols is 1. The lowest BCUT2D eigenvalue weighted by atomic mass is 10.2. The van der Waals surface area contributed by atoms with Crippen molar-refractivity contribution in [3.05, 3.63) is 12.1 Å². The molecule has 1 aromatic carbocycles. The topological polar surface area (TPSA) is 129 Å². The molecule has 132 valence electrons. The Hall–Kier alpha value is -2.53. The van der Waals surface area contributed by atoms with Gasteiger partial charge in [-0.1, -0.05) is 30.0 Å². The smallest absolute Gasteiger partial charge is 0.252 e. The summed E-state index contributed by atoms with van der Waals surface area (Å²) < 4.78 is 0.781. The zero-order chi connectivity index (χ0) is 18.4. The molecule has 1 aromatic heterocycles. The molecule has 0 saturated heterocycles. The van der Waals surface area contributed by atoms with Crippen LogP contribution < -0.4 is 10.6 Å². The van der Waals surface area contributed by atoms with Gasteiger partial charge in [0.2, 0.25) is 11.8 Å². The molecule has 11 heteroatoms. The van der Waals surface area contributed by atoms with Crippen molar-refractivity contribution in [3.8, 4) is 5.75 Å². The van der Waals surface area contributed by atoms with Gasteiger partial charge >= 0.3 is 0 Å². The molecule has 1 heterocycles. The normalized spacial score (nSPS) is 10.8. The van der Waals surface area contributed by atoms with E-state index in [1.165, 1.54) is 37.3 Å². The van der Waals surface area contributed by atoms with Gasteiger partial charge in [-0.15, -0.1) is 20.4 Å². The van der Waals surface area contributed by atoms with Crippen molar-refractivity contribution >= 4 is 57.1 Å². The average Bonchev–Trinajstić information content (AvgIpc) is 2.95. The Morgan fingerprint density at radius 3 is 2.48 bits per heavy atom. The van der Waals surface area contributed by atoms with Gasteiger partial charge in [-0.25, -0.2) is 0 Å². The molecular formula is C14H16N6O3S2. The summed E-state index contributed by atoms with van der Waals surface area (Å²) in [6.07, 6.45) is 0. The molecule has 0 spiro atoms. The van der Waals surface area contributed by atoms with Gasteiger partial charge in [0.15, 0.2) is 4.34 Å². The highest BCUT2D eigenvalue weighted by Gasteiger charge is 2.12. The quantitative estimate of drug-likeness (QED) is 0.398. The molecule has 3 N–H and O–H groups in total. The van der Waals surface area contributed by atoms with Crippen LogP contribution in [0.2, 0.25) is 0 Å². The Kier molecular flexibility index (Phi) is 6.42. The molecule has 0 radical (unpaired) electrons. The number of hydrogen-bond acceptors (Lipinski definition) is 9. The van der Waals surface area contributed by atoms with E-state index in [1.807, 2.05) is 6.92 Å². The summed E-state index contributed by atoms with van der Waals surface area (Å²) in [5.41, 5.74) is 0.683. The summed E-state index contributed by atoms with van der Waals surface area (Å²) >= 11 is 2.83. The van der Waals surface area contributed by atoms with Crippen molar-refractivity contribution in [1.29, 1.82) is 0 Å². The van der Waals surface area contributed by atoms with E-state index in [1.54, 1.807) is 11.8 Å². The third-order valence-corrected chi connectivity index (χ3v) is 4.47. The number of aromatic nitrogens is 2. The van der Waals surface area contributed by atoms with Gasteiger partial charge in [-0.05, 0) is 11.8 Å². The monoisotopic (exact) mass is 380 g/mol. The lowest BCUT2D eigenvalue weighted by molar-refractivity contribution is -0.115. The van der Waals surface area contributed by atoms with Crippen molar-refractivity contribution in [3.63, 3.8) is 0 Å². The maximum Gasteiger partial charge on any atom is 0.252 e. The van der Waals surface area contributed by atoms with Crippen LogP contribution >= 0.6 is 23.1 Å². The third-order valence-electron chi connectivity index (χ3n) is 2.64. The summed E-state index contributed by atoms with van der Waals surface area (Å²) in [5, 5.41) is 31.3. The van der Waals surface area contributed by atoms with E-state index in [-0.39, 0.29) is 34.6 Å². The van der Waals surface area contributed by atoms with E-state index in [2.05, 4.69) is 31.1 Å². The van der Waals surface area contributed by atoms with Crippen LogP contribution in [0.1, 0.15) is 20.8 Å². The van der Waals surface area contributed by atoms with Gasteiger partial charge in [0.1, 0.15) is 11.4 Å². The predicted octanol–water partition coefficient (Wildman–Crippen LogP) is 3.69. The summed E-state index contributed by atoms with van der Waals surface area (Å²) in [6.45, 7) is 4.65. The van der Waals surface area contributed by atoms with Gasteiger partial charge in [0, 0.05) is 19.9 Å². The van der Waals surface area contributed by atoms with E-state index >= 15 is 0 Å². The minimum absolute atomic E-state index is 0.162. The number of hydrogen-bond donors (Lipinski definition) is 3. The van der Waals surface area contributed by atoms with Crippen molar-refractivity contribution in [1.82, 2.24) is 10.2 Å². The lowest BCUT2D eigenvalue weighted by Gasteiger charge is -2.10. The minimum atomic E-state index is -0.351. The molecule has 0 bridgehead atoms. The fourth-order valence-corrected chi connectivity index (χ4v) is 3.32. The molecule has 0 saturated carbocycles. The molecule has 0 unspecified atom stereocenters. The number of azo groups is 1. The maximum atomic E-state index is 11.3. The minimum Gasteiger partial charge on any atom is -0.506 e. The Labute approximate surface area is 152 Å².